The fraction of sp³-hybridized carbons (Fsp3) is 0.571. The first-order valence-electron chi connectivity index (χ1n) is 5.87. The molecule has 0 unspecified atom stereocenters. The fourth-order valence-corrected chi connectivity index (χ4v) is 2.54. The number of benzene rings is 1. The molecular formula is C14H20. The highest BCUT2D eigenvalue weighted by Crippen LogP contribution is 2.29. The first kappa shape index (κ1) is 9.76. The molecular weight excluding hydrogens is 168 g/mol. The second kappa shape index (κ2) is 3.76. The summed E-state index contributed by atoms with van der Waals surface area (Å²) in [5.74, 6) is 0.677. The highest BCUT2D eigenvalue weighted by molar-refractivity contribution is 5.42. The molecule has 0 spiro atoms. The van der Waals surface area contributed by atoms with E-state index < -0.39 is 0 Å². The highest BCUT2D eigenvalue weighted by Gasteiger charge is 2.15. The van der Waals surface area contributed by atoms with Gasteiger partial charge in [0.1, 0.15) is 0 Å². The summed E-state index contributed by atoms with van der Waals surface area (Å²) in [7, 11) is 0. The monoisotopic (exact) mass is 188 g/mol. The fourth-order valence-electron chi connectivity index (χ4n) is 2.54. The summed E-state index contributed by atoms with van der Waals surface area (Å²) >= 11 is 0. The van der Waals surface area contributed by atoms with Crippen LogP contribution >= 0.6 is 0 Å². The second-order valence-corrected chi connectivity index (χ2v) is 4.68. The summed E-state index contributed by atoms with van der Waals surface area (Å²) in [6, 6.07) is 4.92. The van der Waals surface area contributed by atoms with Gasteiger partial charge in [-0.05, 0) is 53.9 Å². The number of fused-ring (bicyclic) bond motifs is 1. The average Bonchev–Trinajstić information content (AvgIpc) is 2.62. The van der Waals surface area contributed by atoms with Crippen molar-refractivity contribution in [3.05, 3.63) is 34.4 Å². The van der Waals surface area contributed by atoms with Gasteiger partial charge in [0.2, 0.25) is 0 Å². The third-order valence-corrected chi connectivity index (χ3v) is 3.36. The van der Waals surface area contributed by atoms with E-state index in [1.54, 1.807) is 22.3 Å². The minimum atomic E-state index is 0.677. The van der Waals surface area contributed by atoms with Crippen molar-refractivity contribution in [1.82, 2.24) is 0 Å². The van der Waals surface area contributed by atoms with E-state index in [9.17, 15) is 0 Å². The minimum Gasteiger partial charge on any atom is -0.0613 e. The normalized spacial score (nSPS) is 14.9. The standard InChI is InChI=1S/C14H20/c1-4-11-8-12-6-5-7-13(12)9-14(11)10(2)3/h8-10H,4-7H2,1-3H3. The summed E-state index contributed by atoms with van der Waals surface area (Å²) in [6.07, 6.45) is 5.15. The summed E-state index contributed by atoms with van der Waals surface area (Å²) < 4.78 is 0. The molecule has 0 heterocycles. The van der Waals surface area contributed by atoms with Crippen molar-refractivity contribution in [3.8, 4) is 0 Å². The predicted octanol–water partition coefficient (Wildman–Crippen LogP) is 3.86. The molecule has 1 aromatic rings. The van der Waals surface area contributed by atoms with Gasteiger partial charge in [-0.25, -0.2) is 0 Å². The van der Waals surface area contributed by atoms with Crippen LogP contribution in [-0.2, 0) is 19.3 Å². The number of rotatable bonds is 2. The van der Waals surface area contributed by atoms with Crippen molar-refractivity contribution in [2.45, 2.75) is 52.4 Å². The van der Waals surface area contributed by atoms with Crippen LogP contribution in [0.5, 0.6) is 0 Å². The van der Waals surface area contributed by atoms with Gasteiger partial charge in [0, 0.05) is 0 Å². The summed E-state index contributed by atoms with van der Waals surface area (Å²) in [6.45, 7) is 6.87. The molecule has 0 fully saturated rings. The maximum Gasteiger partial charge on any atom is -0.0216 e. The Labute approximate surface area is 87.3 Å². The molecule has 1 aliphatic carbocycles. The third kappa shape index (κ3) is 1.58. The summed E-state index contributed by atoms with van der Waals surface area (Å²) in [5.41, 5.74) is 6.38. The van der Waals surface area contributed by atoms with E-state index >= 15 is 0 Å². The molecule has 1 aromatic carbocycles. The zero-order chi connectivity index (χ0) is 10.1. The van der Waals surface area contributed by atoms with Crippen molar-refractivity contribution >= 4 is 0 Å². The molecule has 76 valence electrons. The Morgan fingerprint density at radius 3 is 2.36 bits per heavy atom. The van der Waals surface area contributed by atoms with E-state index in [0.717, 1.165) is 0 Å². The molecule has 0 aromatic heterocycles. The Balaban J connectivity index is 2.49. The minimum absolute atomic E-state index is 0.677. The molecule has 0 heteroatoms. The van der Waals surface area contributed by atoms with Gasteiger partial charge in [-0.15, -0.1) is 0 Å². The molecule has 0 radical (unpaired) electrons. The van der Waals surface area contributed by atoms with Crippen LogP contribution < -0.4 is 0 Å². The molecule has 0 bridgehead atoms. The Bertz CT molecular complexity index is 334. The predicted molar refractivity (Wildman–Crippen MR) is 61.9 cm³/mol. The highest BCUT2D eigenvalue weighted by atomic mass is 14.2. The van der Waals surface area contributed by atoms with Crippen LogP contribution in [0.3, 0.4) is 0 Å². The van der Waals surface area contributed by atoms with Crippen molar-refractivity contribution in [3.63, 3.8) is 0 Å². The van der Waals surface area contributed by atoms with Gasteiger partial charge in [-0.3, -0.25) is 0 Å². The zero-order valence-corrected chi connectivity index (χ0v) is 9.56. The quantitative estimate of drug-likeness (QED) is 0.661. The van der Waals surface area contributed by atoms with Gasteiger partial charge in [-0.1, -0.05) is 32.9 Å². The molecule has 0 amide bonds. The van der Waals surface area contributed by atoms with E-state index in [1.165, 1.54) is 25.7 Å². The number of hydrogen-bond acceptors (Lipinski definition) is 0. The van der Waals surface area contributed by atoms with Gasteiger partial charge >= 0.3 is 0 Å². The molecule has 0 aliphatic heterocycles. The van der Waals surface area contributed by atoms with Gasteiger partial charge in [0.25, 0.3) is 0 Å². The lowest BCUT2D eigenvalue weighted by molar-refractivity contribution is 0.840. The van der Waals surface area contributed by atoms with Crippen LogP contribution in [0, 0.1) is 0 Å². The summed E-state index contributed by atoms with van der Waals surface area (Å²) in [4.78, 5) is 0. The molecule has 0 saturated heterocycles. The van der Waals surface area contributed by atoms with Crippen LogP contribution in [0.15, 0.2) is 12.1 Å². The van der Waals surface area contributed by atoms with Gasteiger partial charge in [-0.2, -0.15) is 0 Å². The van der Waals surface area contributed by atoms with Crippen LogP contribution in [0.1, 0.15) is 55.4 Å². The molecule has 0 saturated carbocycles. The van der Waals surface area contributed by atoms with E-state index in [4.69, 9.17) is 0 Å². The van der Waals surface area contributed by atoms with E-state index in [0.29, 0.717) is 5.92 Å². The van der Waals surface area contributed by atoms with Gasteiger partial charge < -0.3 is 0 Å². The Hall–Kier alpha value is -0.780. The van der Waals surface area contributed by atoms with E-state index in [2.05, 4.69) is 32.9 Å². The first-order chi connectivity index (χ1) is 6.72. The topological polar surface area (TPSA) is 0 Å². The maximum absolute atomic E-state index is 2.46. The van der Waals surface area contributed by atoms with Crippen molar-refractivity contribution < 1.29 is 0 Å². The maximum atomic E-state index is 2.46. The SMILES string of the molecule is CCc1cc2c(cc1C(C)C)CCC2. The van der Waals surface area contributed by atoms with E-state index in [1.807, 2.05) is 0 Å². The first-order valence-corrected chi connectivity index (χ1v) is 5.87. The van der Waals surface area contributed by atoms with Crippen LogP contribution in [0.25, 0.3) is 0 Å². The zero-order valence-electron chi connectivity index (χ0n) is 9.56. The Morgan fingerprint density at radius 2 is 1.79 bits per heavy atom. The van der Waals surface area contributed by atoms with Gasteiger partial charge in [0.15, 0.2) is 0 Å². The molecule has 0 atom stereocenters. The smallest absolute Gasteiger partial charge is 0.0216 e. The average molecular weight is 188 g/mol. The molecule has 0 nitrogen and oxygen atoms in total. The third-order valence-electron chi connectivity index (χ3n) is 3.36. The largest absolute Gasteiger partial charge is 0.0613 e. The second-order valence-electron chi connectivity index (χ2n) is 4.68. The Morgan fingerprint density at radius 1 is 1.14 bits per heavy atom. The molecule has 0 N–H and O–H groups in total. The van der Waals surface area contributed by atoms with Crippen LogP contribution in [0.4, 0.5) is 0 Å². The number of hydrogen-bond donors (Lipinski definition) is 0. The van der Waals surface area contributed by atoms with Crippen molar-refractivity contribution in [2.75, 3.05) is 0 Å². The lowest BCUT2D eigenvalue weighted by atomic mass is 9.92. The van der Waals surface area contributed by atoms with Crippen molar-refractivity contribution in [1.29, 1.82) is 0 Å². The Kier molecular flexibility index (Phi) is 2.62. The van der Waals surface area contributed by atoms with Gasteiger partial charge in [0.05, 0.1) is 0 Å². The van der Waals surface area contributed by atoms with Crippen LogP contribution in [0.2, 0.25) is 0 Å². The lowest BCUT2D eigenvalue weighted by Crippen LogP contribution is -1.98. The van der Waals surface area contributed by atoms with Crippen molar-refractivity contribution in [2.24, 2.45) is 0 Å². The van der Waals surface area contributed by atoms with Crippen LogP contribution in [-0.4, -0.2) is 0 Å². The lowest BCUT2D eigenvalue weighted by Gasteiger charge is -2.14. The summed E-state index contributed by atoms with van der Waals surface area (Å²) in [5, 5.41) is 0. The molecule has 2 rings (SSSR count). The molecule has 14 heavy (non-hydrogen) atoms. The number of aryl methyl sites for hydroxylation is 3. The van der Waals surface area contributed by atoms with E-state index in [-0.39, 0.29) is 0 Å². The molecule has 1 aliphatic rings.